The molecule has 0 amide bonds. The van der Waals surface area contributed by atoms with E-state index in [9.17, 15) is 19.8 Å². The van der Waals surface area contributed by atoms with Gasteiger partial charge in [0, 0.05) is 30.8 Å². The van der Waals surface area contributed by atoms with Crippen LogP contribution in [0.1, 0.15) is 87.5 Å². The van der Waals surface area contributed by atoms with Crippen LogP contribution in [0.3, 0.4) is 0 Å². The molecular weight excluding hydrogens is 508 g/mol. The zero-order valence-electron chi connectivity index (χ0n) is 25.8. The largest absolute Gasteiger partial charge is 0.462 e. The second-order valence-corrected chi connectivity index (χ2v) is 15.2. The third kappa shape index (κ3) is 4.12. The predicted molar refractivity (Wildman–Crippen MR) is 151 cm³/mol. The zero-order chi connectivity index (χ0) is 29.6. The van der Waals surface area contributed by atoms with E-state index < -0.39 is 29.5 Å². The highest BCUT2D eigenvalue weighted by atomic mass is 16.7. The molecule has 2 N–H and O–H groups in total. The second kappa shape index (κ2) is 9.48. The third-order valence-corrected chi connectivity index (χ3v) is 12.3. The molecule has 0 aromatic heterocycles. The number of rotatable bonds is 5. The van der Waals surface area contributed by atoms with Crippen molar-refractivity contribution in [2.75, 3.05) is 7.11 Å². The predicted octanol–water partition coefficient (Wildman–Crippen LogP) is 4.99. The van der Waals surface area contributed by atoms with Crippen molar-refractivity contribution in [3.8, 4) is 0 Å². The summed E-state index contributed by atoms with van der Waals surface area (Å²) in [7, 11) is 1.65. The molecule has 7 nitrogen and oxygen atoms in total. The van der Waals surface area contributed by atoms with Crippen molar-refractivity contribution < 1.29 is 34.0 Å². The van der Waals surface area contributed by atoms with Crippen LogP contribution >= 0.6 is 0 Å². The van der Waals surface area contributed by atoms with E-state index in [0.717, 1.165) is 19.3 Å². The van der Waals surface area contributed by atoms with Crippen molar-refractivity contribution in [1.29, 1.82) is 0 Å². The van der Waals surface area contributed by atoms with Crippen LogP contribution in [0.15, 0.2) is 23.8 Å². The summed E-state index contributed by atoms with van der Waals surface area (Å²) in [5.74, 6) is 0.442. The molecule has 7 heteroatoms. The average Bonchev–Trinajstić information content (AvgIpc) is 3.43. The number of hydrogen-bond acceptors (Lipinski definition) is 7. The fourth-order valence-electron chi connectivity index (χ4n) is 10.3. The minimum atomic E-state index is -1.28. The molecule has 40 heavy (non-hydrogen) atoms. The lowest BCUT2D eigenvalue weighted by Gasteiger charge is -2.66. The number of esters is 1. The zero-order valence-corrected chi connectivity index (χ0v) is 25.8. The number of allylic oxidation sites excluding steroid dienone is 3. The molecule has 0 aromatic rings. The molecule has 5 aliphatic rings. The summed E-state index contributed by atoms with van der Waals surface area (Å²) in [4.78, 5) is 25.5. The first-order chi connectivity index (χ1) is 18.4. The fraction of sp³-hybridized carbons (Fsp3) is 0.818. The highest BCUT2D eigenvalue weighted by Crippen LogP contribution is 2.72. The van der Waals surface area contributed by atoms with Crippen molar-refractivity contribution in [1.82, 2.24) is 0 Å². The number of carbonyl (C=O) groups excluding carboxylic acids is 2. The number of ether oxygens (including phenoxy) is 3. The van der Waals surface area contributed by atoms with Crippen molar-refractivity contribution in [3.05, 3.63) is 23.8 Å². The molecule has 224 valence electrons. The Morgan fingerprint density at radius 2 is 1.82 bits per heavy atom. The maximum atomic E-state index is 13.0. The minimum absolute atomic E-state index is 0.0520. The van der Waals surface area contributed by atoms with Gasteiger partial charge in [0.1, 0.15) is 12.2 Å². The summed E-state index contributed by atoms with van der Waals surface area (Å²) < 4.78 is 18.2. The second-order valence-electron chi connectivity index (χ2n) is 15.2. The molecule has 0 spiro atoms. The van der Waals surface area contributed by atoms with E-state index in [0.29, 0.717) is 12.8 Å². The van der Waals surface area contributed by atoms with E-state index in [1.165, 1.54) is 12.5 Å². The summed E-state index contributed by atoms with van der Waals surface area (Å²) in [5.41, 5.74) is -1.18. The van der Waals surface area contributed by atoms with E-state index >= 15 is 0 Å². The van der Waals surface area contributed by atoms with E-state index in [1.54, 1.807) is 27.0 Å². The smallest absolute Gasteiger partial charge is 0.302 e. The van der Waals surface area contributed by atoms with Gasteiger partial charge in [-0.25, -0.2) is 0 Å². The number of aliphatic hydroxyl groups is 2. The van der Waals surface area contributed by atoms with Crippen LogP contribution in [0.25, 0.3) is 0 Å². The van der Waals surface area contributed by atoms with Crippen LogP contribution in [-0.2, 0) is 23.8 Å². The number of aliphatic hydroxyl groups excluding tert-OH is 1. The summed E-state index contributed by atoms with van der Waals surface area (Å²) in [6, 6.07) is 0. The number of hydrogen-bond donors (Lipinski definition) is 2. The molecule has 3 fully saturated rings. The highest BCUT2D eigenvalue weighted by Gasteiger charge is 2.69. The Morgan fingerprint density at radius 3 is 2.42 bits per heavy atom. The molecular formula is C33H50O7. The van der Waals surface area contributed by atoms with E-state index in [1.807, 2.05) is 0 Å². The SMILES string of the molecule is COC1OC(C(O)C(C)(C)O)CC1C1CC=C2C1(C)CCC1C3(C)C=CC(=O)C(C)(C)C3CC(OC(C)=O)C21C. The molecule has 1 aliphatic heterocycles. The normalized spacial score (nSPS) is 46.7. The molecule has 2 saturated carbocycles. The molecule has 5 rings (SSSR count). The Kier molecular flexibility index (Phi) is 7.10. The molecule has 1 saturated heterocycles. The molecule has 4 aliphatic carbocycles. The van der Waals surface area contributed by atoms with Crippen LogP contribution in [0.5, 0.6) is 0 Å². The van der Waals surface area contributed by atoms with Gasteiger partial charge in [-0.05, 0) is 80.6 Å². The van der Waals surface area contributed by atoms with Crippen LogP contribution < -0.4 is 0 Å². The monoisotopic (exact) mass is 558 g/mol. The maximum Gasteiger partial charge on any atom is 0.302 e. The average molecular weight is 559 g/mol. The molecule has 0 radical (unpaired) electrons. The maximum absolute atomic E-state index is 13.0. The quantitative estimate of drug-likeness (QED) is 0.362. The lowest BCUT2D eigenvalue weighted by Crippen LogP contribution is -2.64. The van der Waals surface area contributed by atoms with Crippen molar-refractivity contribution >= 4 is 11.8 Å². The van der Waals surface area contributed by atoms with Gasteiger partial charge in [-0.2, -0.15) is 0 Å². The van der Waals surface area contributed by atoms with Crippen molar-refractivity contribution in [3.63, 3.8) is 0 Å². The van der Waals surface area contributed by atoms with Gasteiger partial charge in [0.05, 0.1) is 11.7 Å². The molecule has 1 heterocycles. The summed E-state index contributed by atoms with van der Waals surface area (Å²) in [5, 5.41) is 21.3. The summed E-state index contributed by atoms with van der Waals surface area (Å²) in [6.07, 6.45) is 8.11. The van der Waals surface area contributed by atoms with E-state index in [4.69, 9.17) is 14.2 Å². The minimum Gasteiger partial charge on any atom is -0.462 e. The molecule has 11 atom stereocenters. The first-order valence-electron chi connectivity index (χ1n) is 15.1. The Morgan fingerprint density at radius 1 is 1.15 bits per heavy atom. The number of carbonyl (C=O) groups is 2. The van der Waals surface area contributed by atoms with Gasteiger partial charge < -0.3 is 24.4 Å². The Bertz CT molecular complexity index is 1120. The van der Waals surface area contributed by atoms with Crippen LogP contribution in [0, 0.1) is 45.3 Å². The van der Waals surface area contributed by atoms with Gasteiger partial charge in [-0.1, -0.05) is 52.3 Å². The topological polar surface area (TPSA) is 102 Å². The van der Waals surface area contributed by atoms with Gasteiger partial charge in [0.2, 0.25) is 0 Å². The fourth-order valence-corrected chi connectivity index (χ4v) is 10.3. The van der Waals surface area contributed by atoms with Gasteiger partial charge in [-0.15, -0.1) is 0 Å². The Balaban J connectivity index is 1.53. The standard InChI is InChI=1S/C33H50O7/c1-18(34)39-26-17-24-29(2,3)25(35)13-15-32(24,7)23-12-14-31(6)20(10-11-22(31)33(23,26)8)19-16-21(40-28(19)38-9)27(36)30(4,5)37/h11,13,15,19-21,23-24,26-28,36-37H,10,12,14,16-17H2,1-9H3. The summed E-state index contributed by atoms with van der Waals surface area (Å²) in [6.45, 7) is 15.8. The van der Waals surface area contributed by atoms with Gasteiger partial charge in [0.25, 0.3) is 0 Å². The highest BCUT2D eigenvalue weighted by molar-refractivity contribution is 5.95. The lowest BCUT2D eigenvalue weighted by atomic mass is 9.38. The first kappa shape index (κ1) is 29.9. The van der Waals surface area contributed by atoms with Crippen LogP contribution in [-0.4, -0.2) is 59.3 Å². The van der Waals surface area contributed by atoms with Crippen LogP contribution in [0.4, 0.5) is 0 Å². The molecule has 11 unspecified atom stereocenters. The van der Waals surface area contributed by atoms with Gasteiger partial charge in [0.15, 0.2) is 12.1 Å². The van der Waals surface area contributed by atoms with E-state index in [-0.39, 0.29) is 57.8 Å². The van der Waals surface area contributed by atoms with Crippen molar-refractivity contribution in [2.24, 2.45) is 45.3 Å². The third-order valence-electron chi connectivity index (χ3n) is 12.3. The van der Waals surface area contributed by atoms with Crippen molar-refractivity contribution in [2.45, 2.75) is 118 Å². The Labute approximate surface area is 239 Å². The number of ketones is 1. The summed E-state index contributed by atoms with van der Waals surface area (Å²) >= 11 is 0. The number of fused-ring (bicyclic) bond motifs is 5. The number of methoxy groups -OCH3 is 1. The molecule has 0 bridgehead atoms. The van der Waals surface area contributed by atoms with Gasteiger partial charge >= 0.3 is 5.97 Å². The molecule has 0 aromatic carbocycles. The van der Waals surface area contributed by atoms with Gasteiger partial charge in [-0.3, -0.25) is 9.59 Å². The van der Waals surface area contributed by atoms with E-state index in [2.05, 4.69) is 46.8 Å². The Hall–Kier alpha value is -1.54. The lowest BCUT2D eigenvalue weighted by molar-refractivity contribution is -0.193. The van der Waals surface area contributed by atoms with Crippen LogP contribution in [0.2, 0.25) is 0 Å². The first-order valence-corrected chi connectivity index (χ1v) is 15.1.